The van der Waals surface area contributed by atoms with E-state index in [1.807, 2.05) is 24.3 Å². The molecule has 0 spiro atoms. The van der Waals surface area contributed by atoms with Gasteiger partial charge < -0.3 is 4.74 Å². The molecule has 0 aliphatic rings. The van der Waals surface area contributed by atoms with Gasteiger partial charge in [-0.2, -0.15) is 0 Å². The average Bonchev–Trinajstić information content (AvgIpc) is 2.39. The summed E-state index contributed by atoms with van der Waals surface area (Å²) in [6, 6.07) is 12.8. The quantitative estimate of drug-likeness (QED) is 0.897. The lowest BCUT2D eigenvalue weighted by atomic mass is 9.88. The fourth-order valence-electron chi connectivity index (χ4n) is 1.69. The van der Waals surface area contributed by atoms with Crippen LogP contribution in [0.3, 0.4) is 0 Å². The predicted molar refractivity (Wildman–Crippen MR) is 79.0 cm³/mol. The van der Waals surface area contributed by atoms with E-state index in [0.29, 0.717) is 11.6 Å². The van der Waals surface area contributed by atoms with Crippen molar-refractivity contribution in [2.24, 2.45) is 0 Å². The van der Waals surface area contributed by atoms with E-state index >= 15 is 0 Å². The SMILES string of the molecule is CC(C)(C)c1ccnc(OC(=O)Nc2ccccc2)c1. The van der Waals surface area contributed by atoms with Crippen molar-refractivity contribution in [3.63, 3.8) is 0 Å². The van der Waals surface area contributed by atoms with Crippen LogP contribution in [0, 0.1) is 0 Å². The topological polar surface area (TPSA) is 51.2 Å². The summed E-state index contributed by atoms with van der Waals surface area (Å²) in [4.78, 5) is 15.8. The van der Waals surface area contributed by atoms with Gasteiger partial charge in [-0.1, -0.05) is 39.0 Å². The third-order valence-electron chi connectivity index (χ3n) is 2.82. The first-order valence-corrected chi connectivity index (χ1v) is 6.45. The van der Waals surface area contributed by atoms with Crippen LogP contribution in [0.15, 0.2) is 48.7 Å². The zero-order chi connectivity index (χ0) is 14.6. The Bertz CT molecular complexity index is 589. The van der Waals surface area contributed by atoms with Gasteiger partial charge >= 0.3 is 6.09 Å². The standard InChI is InChI=1S/C16H18N2O2/c1-16(2,3)12-9-10-17-14(11-12)20-15(19)18-13-7-5-4-6-8-13/h4-11H,1-3H3,(H,18,19). The summed E-state index contributed by atoms with van der Waals surface area (Å²) in [6.07, 6.45) is 1.10. The number of nitrogens with one attached hydrogen (secondary N) is 1. The van der Waals surface area contributed by atoms with Crippen LogP contribution < -0.4 is 10.1 Å². The van der Waals surface area contributed by atoms with Gasteiger partial charge in [0.1, 0.15) is 0 Å². The molecule has 1 heterocycles. The minimum Gasteiger partial charge on any atom is -0.391 e. The molecule has 4 heteroatoms. The van der Waals surface area contributed by atoms with Gasteiger partial charge in [0.15, 0.2) is 0 Å². The highest BCUT2D eigenvalue weighted by molar-refractivity contribution is 5.85. The maximum atomic E-state index is 11.8. The molecule has 0 aliphatic carbocycles. The summed E-state index contributed by atoms with van der Waals surface area (Å²) in [5.41, 5.74) is 1.73. The molecule has 0 aliphatic heterocycles. The largest absolute Gasteiger partial charge is 0.418 e. The molecule has 1 aromatic heterocycles. The van der Waals surface area contributed by atoms with Gasteiger partial charge in [0.25, 0.3) is 0 Å². The molecule has 0 atom stereocenters. The second-order valence-corrected chi connectivity index (χ2v) is 5.51. The van der Waals surface area contributed by atoms with Gasteiger partial charge in [0.05, 0.1) is 0 Å². The Morgan fingerprint density at radius 1 is 1.15 bits per heavy atom. The highest BCUT2D eigenvalue weighted by Gasteiger charge is 2.15. The predicted octanol–water partition coefficient (Wildman–Crippen LogP) is 3.99. The number of hydrogen-bond donors (Lipinski definition) is 1. The lowest BCUT2D eigenvalue weighted by Gasteiger charge is -2.19. The lowest BCUT2D eigenvalue weighted by molar-refractivity contribution is 0.213. The number of ether oxygens (including phenoxy) is 1. The van der Waals surface area contributed by atoms with Crippen molar-refractivity contribution < 1.29 is 9.53 Å². The molecule has 0 bridgehead atoms. The molecule has 0 radical (unpaired) electrons. The number of carbonyl (C=O) groups excluding carboxylic acids is 1. The maximum absolute atomic E-state index is 11.8. The number of para-hydroxylation sites is 1. The van der Waals surface area contributed by atoms with Crippen LogP contribution in [0.1, 0.15) is 26.3 Å². The van der Waals surface area contributed by atoms with Crippen LogP contribution in [-0.4, -0.2) is 11.1 Å². The van der Waals surface area contributed by atoms with Crippen LogP contribution in [0.2, 0.25) is 0 Å². The van der Waals surface area contributed by atoms with E-state index in [0.717, 1.165) is 5.56 Å². The molecule has 0 saturated heterocycles. The smallest absolute Gasteiger partial charge is 0.391 e. The number of hydrogen-bond acceptors (Lipinski definition) is 3. The monoisotopic (exact) mass is 270 g/mol. The van der Waals surface area contributed by atoms with Gasteiger partial charge in [0.2, 0.25) is 5.88 Å². The molecule has 1 N–H and O–H groups in total. The average molecular weight is 270 g/mol. The highest BCUT2D eigenvalue weighted by atomic mass is 16.6. The molecular formula is C16H18N2O2. The molecule has 20 heavy (non-hydrogen) atoms. The molecule has 2 aromatic rings. The van der Waals surface area contributed by atoms with Crippen molar-refractivity contribution in [3.05, 3.63) is 54.2 Å². The summed E-state index contributed by atoms with van der Waals surface area (Å²) in [5, 5.41) is 2.65. The Morgan fingerprint density at radius 3 is 2.50 bits per heavy atom. The van der Waals surface area contributed by atoms with Crippen molar-refractivity contribution >= 4 is 11.8 Å². The second-order valence-electron chi connectivity index (χ2n) is 5.51. The Kier molecular flexibility index (Phi) is 4.03. The van der Waals surface area contributed by atoms with E-state index in [4.69, 9.17) is 4.74 Å². The number of nitrogens with zero attached hydrogens (tertiary/aromatic N) is 1. The van der Waals surface area contributed by atoms with Crippen molar-refractivity contribution in [1.82, 2.24) is 4.98 Å². The van der Waals surface area contributed by atoms with Gasteiger partial charge in [-0.15, -0.1) is 0 Å². The van der Waals surface area contributed by atoms with E-state index in [2.05, 4.69) is 31.1 Å². The minimum atomic E-state index is -0.547. The number of carbonyl (C=O) groups is 1. The van der Waals surface area contributed by atoms with E-state index in [-0.39, 0.29) is 5.41 Å². The van der Waals surface area contributed by atoms with Gasteiger partial charge in [-0.3, -0.25) is 5.32 Å². The number of anilines is 1. The number of rotatable bonds is 2. The summed E-state index contributed by atoms with van der Waals surface area (Å²) < 4.78 is 5.19. The fourth-order valence-corrected chi connectivity index (χ4v) is 1.69. The zero-order valence-electron chi connectivity index (χ0n) is 11.9. The molecule has 104 valence electrons. The van der Waals surface area contributed by atoms with E-state index < -0.39 is 6.09 Å². The molecule has 0 fully saturated rings. The van der Waals surface area contributed by atoms with Crippen molar-refractivity contribution in [3.8, 4) is 5.88 Å². The van der Waals surface area contributed by atoms with Gasteiger partial charge in [-0.25, -0.2) is 9.78 Å². The third-order valence-corrected chi connectivity index (χ3v) is 2.82. The Labute approximate surface area is 118 Å². The number of amides is 1. The molecular weight excluding hydrogens is 252 g/mol. The summed E-state index contributed by atoms with van der Waals surface area (Å²) >= 11 is 0. The van der Waals surface area contributed by atoms with Crippen molar-refractivity contribution in [1.29, 1.82) is 0 Å². The minimum absolute atomic E-state index is 0.0169. The summed E-state index contributed by atoms with van der Waals surface area (Å²) in [5.74, 6) is 0.297. The normalized spacial score (nSPS) is 10.9. The molecule has 1 aromatic carbocycles. The van der Waals surface area contributed by atoms with Crippen LogP contribution in [-0.2, 0) is 5.41 Å². The van der Waals surface area contributed by atoms with Gasteiger partial charge in [0, 0.05) is 18.0 Å². The first-order chi connectivity index (χ1) is 9.45. The Balaban J connectivity index is 2.05. The van der Waals surface area contributed by atoms with E-state index in [1.165, 1.54) is 0 Å². The van der Waals surface area contributed by atoms with Crippen LogP contribution >= 0.6 is 0 Å². The van der Waals surface area contributed by atoms with Crippen LogP contribution in [0.4, 0.5) is 10.5 Å². The first kappa shape index (κ1) is 14.1. The Hall–Kier alpha value is -2.36. The van der Waals surface area contributed by atoms with Crippen molar-refractivity contribution in [2.45, 2.75) is 26.2 Å². The van der Waals surface area contributed by atoms with Crippen LogP contribution in [0.25, 0.3) is 0 Å². The maximum Gasteiger partial charge on any atom is 0.418 e. The van der Waals surface area contributed by atoms with E-state index in [9.17, 15) is 4.79 Å². The third kappa shape index (κ3) is 3.82. The van der Waals surface area contributed by atoms with Crippen molar-refractivity contribution in [2.75, 3.05) is 5.32 Å². The lowest BCUT2D eigenvalue weighted by Crippen LogP contribution is -2.18. The number of benzene rings is 1. The zero-order valence-corrected chi connectivity index (χ0v) is 11.9. The Morgan fingerprint density at radius 2 is 1.85 bits per heavy atom. The highest BCUT2D eigenvalue weighted by Crippen LogP contribution is 2.24. The van der Waals surface area contributed by atoms with Crippen LogP contribution in [0.5, 0.6) is 5.88 Å². The molecule has 1 amide bonds. The number of pyridine rings is 1. The van der Waals surface area contributed by atoms with Gasteiger partial charge in [-0.05, 0) is 29.2 Å². The summed E-state index contributed by atoms with van der Waals surface area (Å²) in [6.45, 7) is 6.28. The molecule has 4 nitrogen and oxygen atoms in total. The summed E-state index contributed by atoms with van der Waals surface area (Å²) in [7, 11) is 0. The fraction of sp³-hybridized carbons (Fsp3) is 0.250. The van der Waals surface area contributed by atoms with E-state index in [1.54, 1.807) is 24.4 Å². The molecule has 0 saturated carbocycles. The molecule has 2 rings (SSSR count). The second kappa shape index (κ2) is 5.74. The molecule has 0 unspecified atom stereocenters. The number of aromatic nitrogens is 1. The first-order valence-electron chi connectivity index (χ1n) is 6.45.